The Labute approximate surface area is 334 Å². The van der Waals surface area contributed by atoms with Crippen molar-refractivity contribution in [2.45, 2.75) is 9.79 Å². The highest BCUT2D eigenvalue weighted by atomic mass is 32.2. The Kier molecular flexibility index (Phi) is 12.9. The Hall–Kier alpha value is -6.36. The van der Waals surface area contributed by atoms with Crippen LogP contribution in [0.3, 0.4) is 0 Å². The molecular formula is C35H32N6O12S4. The van der Waals surface area contributed by atoms with Gasteiger partial charge in [0.1, 0.15) is 0 Å². The smallest absolute Gasteiger partial charge is 0.270 e. The summed E-state index contributed by atoms with van der Waals surface area (Å²) < 4.78 is 75.2. The van der Waals surface area contributed by atoms with Gasteiger partial charge in [-0.3, -0.25) is 25.0 Å². The largest absolute Gasteiger partial charge is 0.493 e. The number of non-ortho nitro benzene ring substituents is 2. The van der Waals surface area contributed by atoms with E-state index in [1.807, 2.05) is 0 Å². The molecule has 6 rings (SSSR count). The second-order valence-corrected chi connectivity index (χ2v) is 16.6. The molecule has 0 atom stereocenters. The summed E-state index contributed by atoms with van der Waals surface area (Å²) in [5.41, 5.74) is 1.78. The number of nitrogens with one attached hydrogen (secondary N) is 1. The maximum atomic E-state index is 13.0. The van der Waals surface area contributed by atoms with E-state index in [9.17, 15) is 37.1 Å². The zero-order chi connectivity index (χ0) is 41.5. The average molecular weight is 857 g/mol. The molecule has 0 saturated carbocycles. The Bertz CT molecular complexity index is 2650. The summed E-state index contributed by atoms with van der Waals surface area (Å²) in [6.45, 7) is 0. The van der Waals surface area contributed by atoms with Gasteiger partial charge in [0.2, 0.25) is 0 Å². The van der Waals surface area contributed by atoms with E-state index in [4.69, 9.17) is 18.9 Å². The van der Waals surface area contributed by atoms with Gasteiger partial charge in [-0.1, -0.05) is 24.3 Å². The van der Waals surface area contributed by atoms with E-state index in [0.717, 1.165) is 27.0 Å². The summed E-state index contributed by atoms with van der Waals surface area (Å²) >= 11 is 2.19. The van der Waals surface area contributed by atoms with E-state index >= 15 is 0 Å². The van der Waals surface area contributed by atoms with Gasteiger partial charge in [0, 0.05) is 65.3 Å². The highest BCUT2D eigenvalue weighted by molar-refractivity contribution is 7.93. The molecule has 0 spiro atoms. The normalized spacial score (nSPS) is 11.1. The third-order valence-electron chi connectivity index (χ3n) is 7.87. The fourth-order valence-electron chi connectivity index (χ4n) is 4.95. The molecular weight excluding hydrogens is 825 g/mol. The monoisotopic (exact) mass is 856 g/mol. The first-order chi connectivity index (χ1) is 27.1. The van der Waals surface area contributed by atoms with Gasteiger partial charge in [-0.15, -0.1) is 22.7 Å². The Morgan fingerprint density at radius 2 is 1.11 bits per heavy atom. The number of rotatable bonds is 14. The minimum atomic E-state index is -3.91. The van der Waals surface area contributed by atoms with Gasteiger partial charge in [-0.05, 0) is 24.3 Å². The number of ether oxygens (including phenoxy) is 4. The highest BCUT2D eigenvalue weighted by Crippen LogP contribution is 2.35. The second-order valence-electron chi connectivity index (χ2n) is 11.3. The van der Waals surface area contributed by atoms with Crippen LogP contribution in [0.25, 0.3) is 22.5 Å². The van der Waals surface area contributed by atoms with E-state index < -0.39 is 29.9 Å². The van der Waals surface area contributed by atoms with Crippen LogP contribution in [0, 0.1) is 20.2 Å². The number of nitro groups is 2. The number of methoxy groups -OCH3 is 4. The first-order valence-corrected chi connectivity index (χ1v) is 20.7. The molecule has 0 aliphatic heterocycles. The van der Waals surface area contributed by atoms with Gasteiger partial charge in [0.15, 0.2) is 33.3 Å². The molecule has 0 amide bonds. The molecule has 22 heteroatoms. The van der Waals surface area contributed by atoms with Crippen molar-refractivity contribution in [1.29, 1.82) is 0 Å². The third-order valence-corrected chi connectivity index (χ3v) is 12.9. The van der Waals surface area contributed by atoms with Gasteiger partial charge in [0.25, 0.3) is 31.4 Å². The van der Waals surface area contributed by atoms with Crippen molar-refractivity contribution in [2.75, 3.05) is 44.5 Å². The van der Waals surface area contributed by atoms with Crippen molar-refractivity contribution >= 4 is 64.4 Å². The molecule has 4 aromatic carbocycles. The van der Waals surface area contributed by atoms with Crippen molar-refractivity contribution in [3.63, 3.8) is 0 Å². The molecule has 18 nitrogen and oxygen atoms in total. The van der Waals surface area contributed by atoms with Gasteiger partial charge < -0.3 is 18.9 Å². The minimum absolute atomic E-state index is 0.0164. The molecule has 298 valence electrons. The summed E-state index contributed by atoms with van der Waals surface area (Å²) in [5.74, 6) is 1.39. The molecule has 1 N–H and O–H groups in total. The van der Waals surface area contributed by atoms with Crippen molar-refractivity contribution in [1.82, 2.24) is 9.97 Å². The third kappa shape index (κ3) is 9.55. The maximum absolute atomic E-state index is 13.0. The Morgan fingerprint density at radius 3 is 1.61 bits per heavy atom. The minimum Gasteiger partial charge on any atom is -0.493 e. The summed E-state index contributed by atoms with van der Waals surface area (Å²) in [4.78, 5) is 29.4. The molecule has 6 aromatic rings. The molecule has 0 saturated heterocycles. The van der Waals surface area contributed by atoms with E-state index in [1.165, 1.54) is 96.2 Å². The summed E-state index contributed by atoms with van der Waals surface area (Å²) in [7, 11) is -0.672. The van der Waals surface area contributed by atoms with Crippen molar-refractivity contribution < 1.29 is 45.6 Å². The highest BCUT2D eigenvalue weighted by Gasteiger charge is 2.26. The van der Waals surface area contributed by atoms with Crippen molar-refractivity contribution in [3.05, 3.63) is 116 Å². The molecule has 0 fully saturated rings. The number of hydrogen-bond donors (Lipinski definition) is 1. The number of nitrogens with zero attached hydrogens (tertiary/aromatic N) is 5. The Morgan fingerprint density at radius 1 is 0.632 bits per heavy atom. The first-order valence-electron chi connectivity index (χ1n) is 16.0. The van der Waals surface area contributed by atoms with Gasteiger partial charge in [-0.25, -0.2) is 31.1 Å². The van der Waals surface area contributed by atoms with E-state index in [-0.39, 0.29) is 37.2 Å². The average Bonchev–Trinajstić information content (AvgIpc) is 3.91. The van der Waals surface area contributed by atoms with Crippen LogP contribution in [0.15, 0.2) is 105 Å². The molecule has 0 radical (unpaired) electrons. The van der Waals surface area contributed by atoms with E-state index in [2.05, 4.69) is 14.7 Å². The second kappa shape index (κ2) is 17.6. The standard InChI is InChI=1S/C18H17N3O6S2.C17H15N3O6S2/c1-20(29(24,25)14-7-8-16(26-2)17(10-14)27-3)18-19-15(11-28-18)12-5-4-6-13(9-12)21(22)23;1-25-15-7-6-13(9-16(15)26-2)28(23,24)19-17-18-14(10-27-17)11-4-3-5-12(8-11)20(21)22/h4-11H,1-3H3;3-10H,1-2H3,(H,18,19). The maximum Gasteiger partial charge on any atom is 0.270 e. The van der Waals surface area contributed by atoms with E-state index in [1.54, 1.807) is 35.0 Å². The lowest BCUT2D eigenvalue weighted by atomic mass is 10.1. The summed E-state index contributed by atoms with van der Waals surface area (Å²) in [6, 6.07) is 20.5. The van der Waals surface area contributed by atoms with Crippen LogP contribution in [0.2, 0.25) is 0 Å². The number of anilines is 2. The van der Waals surface area contributed by atoms with Crippen LogP contribution in [0.5, 0.6) is 23.0 Å². The quantitative estimate of drug-likeness (QED) is 0.0851. The zero-order valence-electron chi connectivity index (χ0n) is 30.5. The lowest BCUT2D eigenvalue weighted by Gasteiger charge is -2.17. The fourth-order valence-corrected chi connectivity index (χ4v) is 9.12. The van der Waals surface area contributed by atoms with Gasteiger partial charge in [-0.2, -0.15) is 0 Å². The first kappa shape index (κ1) is 41.8. The molecule has 0 aliphatic rings. The molecule has 0 bridgehead atoms. The number of benzene rings is 4. The van der Waals surface area contributed by atoms with Gasteiger partial charge in [0.05, 0.1) is 59.5 Å². The predicted octanol–water partition coefficient (Wildman–Crippen LogP) is 7.10. The summed E-state index contributed by atoms with van der Waals surface area (Å²) in [6.07, 6.45) is 0. The molecule has 2 aromatic heterocycles. The van der Waals surface area contributed by atoms with Crippen LogP contribution in [0.4, 0.5) is 21.6 Å². The topological polar surface area (TPSA) is 233 Å². The molecule has 2 heterocycles. The van der Waals surface area contributed by atoms with Crippen LogP contribution >= 0.6 is 22.7 Å². The van der Waals surface area contributed by atoms with E-state index in [0.29, 0.717) is 39.8 Å². The van der Waals surface area contributed by atoms with Crippen LogP contribution in [-0.2, 0) is 20.0 Å². The molecule has 57 heavy (non-hydrogen) atoms. The number of aromatic nitrogens is 2. The number of thiazole rings is 2. The van der Waals surface area contributed by atoms with Gasteiger partial charge >= 0.3 is 0 Å². The van der Waals surface area contributed by atoms with Crippen LogP contribution < -0.4 is 28.0 Å². The predicted molar refractivity (Wildman–Crippen MR) is 214 cm³/mol. The summed E-state index contributed by atoms with van der Waals surface area (Å²) in [5, 5.41) is 25.5. The number of nitro benzene ring substituents is 2. The van der Waals surface area contributed by atoms with Crippen molar-refractivity contribution in [2.24, 2.45) is 0 Å². The number of hydrogen-bond acceptors (Lipinski definition) is 16. The Balaban J connectivity index is 0.000000218. The van der Waals surface area contributed by atoms with Crippen molar-refractivity contribution in [3.8, 4) is 45.5 Å². The molecule has 0 unspecified atom stereocenters. The van der Waals surface area contributed by atoms with Crippen LogP contribution in [-0.4, -0.2) is 72.1 Å². The fraction of sp³-hybridized carbons (Fsp3) is 0.143. The number of sulfonamides is 2. The SMILES string of the molecule is COc1ccc(S(=O)(=O)N(C)c2nc(-c3cccc([N+](=O)[O-])c3)cs2)cc1OC.COc1ccc(S(=O)(=O)Nc2nc(-c3cccc([N+](=O)[O-])c3)cs2)cc1OC. The molecule has 0 aliphatic carbocycles. The lowest BCUT2D eigenvalue weighted by molar-refractivity contribution is -0.385. The lowest BCUT2D eigenvalue weighted by Crippen LogP contribution is -2.26. The van der Waals surface area contributed by atoms with Crippen LogP contribution in [0.1, 0.15) is 0 Å². The zero-order valence-corrected chi connectivity index (χ0v) is 33.8.